The molecule has 0 fully saturated rings. The van der Waals surface area contributed by atoms with E-state index in [9.17, 15) is 18.4 Å². The Labute approximate surface area is 164 Å². The summed E-state index contributed by atoms with van der Waals surface area (Å²) in [7, 11) is 3.45. The lowest BCUT2D eigenvalue weighted by atomic mass is 10.0. The number of benzene rings is 2. The maximum atomic E-state index is 14.7. The number of esters is 2. The number of nitrogens with zero attached hydrogens (tertiary/aromatic N) is 2. The van der Waals surface area contributed by atoms with Gasteiger partial charge >= 0.3 is 11.9 Å². The third-order valence-corrected chi connectivity index (χ3v) is 4.14. The van der Waals surface area contributed by atoms with E-state index in [1.807, 2.05) is 0 Å². The second kappa shape index (κ2) is 8.09. The van der Waals surface area contributed by atoms with Crippen LogP contribution in [0.1, 0.15) is 20.8 Å². The molecule has 7 nitrogen and oxygen atoms in total. The minimum absolute atomic E-state index is 0.0564. The Morgan fingerprint density at radius 1 is 0.931 bits per heavy atom. The van der Waals surface area contributed by atoms with Crippen molar-refractivity contribution in [3.8, 4) is 22.7 Å². The lowest BCUT2D eigenvalue weighted by molar-refractivity contribution is 0.0549. The summed E-state index contributed by atoms with van der Waals surface area (Å²) < 4.78 is 44.9. The van der Waals surface area contributed by atoms with Gasteiger partial charge in [0.15, 0.2) is 5.69 Å². The van der Waals surface area contributed by atoms with E-state index in [-0.39, 0.29) is 11.4 Å². The molecule has 9 heteroatoms. The van der Waals surface area contributed by atoms with E-state index in [1.165, 1.54) is 7.11 Å². The minimum atomic E-state index is -1.03. The number of methoxy groups -OCH3 is 3. The molecule has 0 amide bonds. The summed E-state index contributed by atoms with van der Waals surface area (Å²) in [6.45, 7) is 0. The fraction of sp³-hybridized carbons (Fsp3) is 0.150. The van der Waals surface area contributed by atoms with Gasteiger partial charge in [0.05, 0.1) is 32.6 Å². The van der Waals surface area contributed by atoms with Crippen molar-refractivity contribution < 1.29 is 32.6 Å². The molecule has 0 spiro atoms. The average Bonchev–Trinajstić information content (AvgIpc) is 3.12. The molecule has 0 radical (unpaired) electrons. The van der Waals surface area contributed by atoms with Gasteiger partial charge in [-0.2, -0.15) is 5.10 Å². The van der Waals surface area contributed by atoms with Crippen LogP contribution < -0.4 is 4.74 Å². The van der Waals surface area contributed by atoms with Crippen molar-refractivity contribution in [2.75, 3.05) is 21.3 Å². The van der Waals surface area contributed by atoms with Crippen LogP contribution in [0.4, 0.5) is 8.78 Å². The Kier molecular flexibility index (Phi) is 5.58. The van der Waals surface area contributed by atoms with E-state index in [4.69, 9.17) is 14.2 Å². The first-order valence-electron chi connectivity index (χ1n) is 8.31. The van der Waals surface area contributed by atoms with E-state index in [0.29, 0.717) is 5.69 Å². The molecule has 0 N–H and O–H groups in total. The number of halogens is 2. The molecule has 150 valence electrons. The molecule has 0 saturated carbocycles. The second-order valence-electron chi connectivity index (χ2n) is 5.77. The quantitative estimate of drug-likeness (QED) is 0.609. The molecule has 0 aliphatic heterocycles. The van der Waals surface area contributed by atoms with Gasteiger partial charge in [0.1, 0.15) is 28.6 Å². The number of carbonyl (C=O) groups excluding carboxylic acids is 2. The molecule has 3 aromatic rings. The first-order chi connectivity index (χ1) is 13.9. The summed E-state index contributed by atoms with van der Waals surface area (Å²) in [6, 6.07) is 10.2. The molecule has 1 aromatic heterocycles. The van der Waals surface area contributed by atoms with Gasteiger partial charge in [0.25, 0.3) is 0 Å². The van der Waals surface area contributed by atoms with Gasteiger partial charge < -0.3 is 14.2 Å². The van der Waals surface area contributed by atoms with Crippen LogP contribution in [0.2, 0.25) is 0 Å². The first kappa shape index (κ1) is 20.0. The van der Waals surface area contributed by atoms with Crippen LogP contribution in [0.25, 0.3) is 16.9 Å². The van der Waals surface area contributed by atoms with Crippen LogP contribution in [0, 0.1) is 11.6 Å². The molecule has 29 heavy (non-hydrogen) atoms. The predicted molar refractivity (Wildman–Crippen MR) is 98.1 cm³/mol. The van der Waals surface area contributed by atoms with Crippen LogP contribution in [-0.4, -0.2) is 43.0 Å². The summed E-state index contributed by atoms with van der Waals surface area (Å²) in [5.74, 6) is -4.04. The van der Waals surface area contributed by atoms with Gasteiger partial charge in [-0.15, -0.1) is 0 Å². The smallest absolute Gasteiger partial charge is 0.357 e. The van der Waals surface area contributed by atoms with E-state index >= 15 is 0 Å². The molecule has 0 atom stereocenters. The molecule has 1 heterocycles. The zero-order valence-corrected chi connectivity index (χ0v) is 15.7. The van der Waals surface area contributed by atoms with Gasteiger partial charge in [0, 0.05) is 12.1 Å². The molecule has 0 aliphatic rings. The lowest BCUT2D eigenvalue weighted by Crippen LogP contribution is -2.15. The molecule has 0 bridgehead atoms. The van der Waals surface area contributed by atoms with Crippen LogP contribution in [0.3, 0.4) is 0 Å². The molecular formula is C20H16F2N2O5. The van der Waals surface area contributed by atoms with E-state index in [2.05, 4.69) is 5.10 Å². The van der Waals surface area contributed by atoms with Crippen molar-refractivity contribution in [3.05, 3.63) is 65.4 Å². The average molecular weight is 402 g/mol. The summed E-state index contributed by atoms with van der Waals surface area (Å²) in [6.07, 6.45) is 0. The fourth-order valence-corrected chi connectivity index (χ4v) is 2.82. The zero-order valence-electron chi connectivity index (χ0n) is 15.7. The van der Waals surface area contributed by atoms with Gasteiger partial charge in [0.2, 0.25) is 0 Å². The van der Waals surface area contributed by atoms with E-state index < -0.39 is 40.4 Å². The summed E-state index contributed by atoms with van der Waals surface area (Å²) in [5, 5.41) is 4.16. The number of carbonyl (C=O) groups is 2. The predicted octanol–water partition coefficient (Wildman–Crippen LogP) is 3.40. The standard InChI is InChI=1S/C20H16F2N2O5/c1-27-12-9-13(21)15(14(22)10-12)17-16(19(25)28-2)18(20(26)29-3)24(23-17)11-7-5-4-6-8-11/h4-10H,1-3H3. The summed E-state index contributed by atoms with van der Waals surface area (Å²) in [4.78, 5) is 25.0. The molecule has 0 saturated heterocycles. The van der Waals surface area contributed by atoms with Crippen LogP contribution >= 0.6 is 0 Å². The molecule has 2 aromatic carbocycles. The Balaban J connectivity index is 2.41. The summed E-state index contributed by atoms with van der Waals surface area (Å²) >= 11 is 0. The van der Waals surface area contributed by atoms with Crippen molar-refractivity contribution in [1.29, 1.82) is 0 Å². The topological polar surface area (TPSA) is 79.7 Å². The molecule has 3 rings (SSSR count). The number of ether oxygens (including phenoxy) is 3. The number of rotatable bonds is 5. The third kappa shape index (κ3) is 3.54. The summed E-state index contributed by atoms with van der Waals surface area (Å²) in [5.41, 5.74) is -1.38. The Morgan fingerprint density at radius 2 is 1.52 bits per heavy atom. The van der Waals surface area contributed by atoms with Gasteiger partial charge in [-0.1, -0.05) is 18.2 Å². The van der Waals surface area contributed by atoms with E-state index in [1.54, 1.807) is 30.3 Å². The minimum Gasteiger partial charge on any atom is -0.497 e. The van der Waals surface area contributed by atoms with E-state index in [0.717, 1.165) is 31.0 Å². The highest BCUT2D eigenvalue weighted by Gasteiger charge is 2.33. The van der Waals surface area contributed by atoms with Crippen LogP contribution in [-0.2, 0) is 9.47 Å². The maximum absolute atomic E-state index is 14.7. The Hall–Kier alpha value is -3.75. The molecule has 0 aliphatic carbocycles. The van der Waals surface area contributed by atoms with Crippen molar-refractivity contribution in [2.45, 2.75) is 0 Å². The van der Waals surface area contributed by atoms with Crippen LogP contribution in [0.5, 0.6) is 5.75 Å². The number of aromatic nitrogens is 2. The van der Waals surface area contributed by atoms with Crippen molar-refractivity contribution in [1.82, 2.24) is 9.78 Å². The highest BCUT2D eigenvalue weighted by Crippen LogP contribution is 2.34. The number of hydrogen-bond donors (Lipinski definition) is 0. The first-order valence-corrected chi connectivity index (χ1v) is 8.31. The maximum Gasteiger partial charge on any atom is 0.357 e. The highest BCUT2D eigenvalue weighted by atomic mass is 19.1. The fourth-order valence-electron chi connectivity index (χ4n) is 2.82. The third-order valence-electron chi connectivity index (χ3n) is 4.14. The van der Waals surface area contributed by atoms with Gasteiger partial charge in [-0.05, 0) is 12.1 Å². The Morgan fingerprint density at radius 3 is 2.03 bits per heavy atom. The van der Waals surface area contributed by atoms with Crippen molar-refractivity contribution in [3.63, 3.8) is 0 Å². The van der Waals surface area contributed by atoms with Crippen molar-refractivity contribution in [2.24, 2.45) is 0 Å². The lowest BCUT2D eigenvalue weighted by Gasteiger charge is -2.08. The SMILES string of the molecule is COC(=O)c1c(-c2c(F)cc(OC)cc2F)nn(-c2ccccc2)c1C(=O)OC. The largest absolute Gasteiger partial charge is 0.497 e. The monoisotopic (exact) mass is 402 g/mol. The van der Waals surface area contributed by atoms with Crippen molar-refractivity contribution >= 4 is 11.9 Å². The molecular weight excluding hydrogens is 386 g/mol. The molecule has 0 unspecified atom stereocenters. The normalized spacial score (nSPS) is 10.5. The number of para-hydroxylation sites is 1. The highest BCUT2D eigenvalue weighted by molar-refractivity contribution is 6.06. The van der Waals surface area contributed by atoms with Gasteiger partial charge in [-0.25, -0.2) is 23.1 Å². The van der Waals surface area contributed by atoms with Crippen LogP contribution in [0.15, 0.2) is 42.5 Å². The van der Waals surface area contributed by atoms with Gasteiger partial charge in [-0.3, -0.25) is 0 Å². The number of hydrogen-bond acceptors (Lipinski definition) is 6. The zero-order chi connectivity index (χ0) is 21.1. The second-order valence-corrected chi connectivity index (χ2v) is 5.77. The Bertz CT molecular complexity index is 1060.